The highest BCUT2D eigenvalue weighted by atomic mass is 32.2. The Bertz CT molecular complexity index is 278. The Balaban J connectivity index is 2.08. The van der Waals surface area contributed by atoms with Crippen molar-refractivity contribution in [1.29, 1.82) is 0 Å². The van der Waals surface area contributed by atoms with Crippen LogP contribution in [-0.4, -0.2) is 18.8 Å². The lowest BCUT2D eigenvalue weighted by Crippen LogP contribution is -2.15. The number of benzene rings is 1. The molecule has 1 atom stereocenters. The van der Waals surface area contributed by atoms with E-state index in [0.29, 0.717) is 5.25 Å². The summed E-state index contributed by atoms with van der Waals surface area (Å²) in [6, 6.07) is 6.90. The Morgan fingerprint density at radius 3 is 2.79 bits per heavy atom. The lowest BCUT2D eigenvalue weighted by atomic mass is 10.1. The first-order valence-corrected chi connectivity index (χ1v) is 5.99. The molecule has 14 heavy (non-hydrogen) atoms. The molecule has 1 N–H and O–H groups in total. The molecule has 0 spiro atoms. The fourth-order valence-electron chi connectivity index (χ4n) is 1.66. The van der Waals surface area contributed by atoms with E-state index in [4.69, 9.17) is 0 Å². The van der Waals surface area contributed by atoms with Crippen LogP contribution in [0.1, 0.15) is 17.2 Å². The predicted molar refractivity (Wildman–Crippen MR) is 59.1 cm³/mol. The largest absolute Gasteiger partial charge is 0.316 e. The maximum atomic E-state index is 12.7. The summed E-state index contributed by atoms with van der Waals surface area (Å²) in [5.41, 5.74) is 1.25. The Morgan fingerprint density at radius 2 is 2.00 bits per heavy atom. The van der Waals surface area contributed by atoms with E-state index in [2.05, 4.69) is 5.32 Å². The summed E-state index contributed by atoms with van der Waals surface area (Å²) in [5.74, 6) is 0.993. The lowest BCUT2D eigenvalue weighted by molar-refractivity contribution is 0.626. The van der Waals surface area contributed by atoms with Gasteiger partial charge in [0.25, 0.3) is 0 Å². The van der Waals surface area contributed by atoms with Crippen molar-refractivity contribution in [3.8, 4) is 0 Å². The molecule has 1 heterocycles. The van der Waals surface area contributed by atoms with Crippen molar-refractivity contribution in [2.24, 2.45) is 0 Å². The summed E-state index contributed by atoms with van der Waals surface area (Å²) in [6.07, 6.45) is 1.14. The van der Waals surface area contributed by atoms with Crippen LogP contribution >= 0.6 is 11.8 Å². The molecule has 1 saturated heterocycles. The predicted octanol–water partition coefficient (Wildman–Crippen LogP) is 2.59. The van der Waals surface area contributed by atoms with Crippen LogP contribution in [0.25, 0.3) is 0 Å². The highest BCUT2D eigenvalue weighted by Gasteiger charge is 2.13. The Morgan fingerprint density at radius 1 is 1.21 bits per heavy atom. The summed E-state index contributed by atoms with van der Waals surface area (Å²) in [4.78, 5) is 0. The minimum absolute atomic E-state index is 0.148. The molecule has 3 heteroatoms. The van der Waals surface area contributed by atoms with E-state index < -0.39 is 0 Å². The molecule has 0 radical (unpaired) electrons. The van der Waals surface area contributed by atoms with Crippen LogP contribution in [0.2, 0.25) is 0 Å². The minimum Gasteiger partial charge on any atom is -0.316 e. The molecule has 76 valence electrons. The van der Waals surface area contributed by atoms with Crippen LogP contribution in [0.5, 0.6) is 0 Å². The van der Waals surface area contributed by atoms with Gasteiger partial charge in [0.05, 0.1) is 0 Å². The molecular formula is C11H14FNS. The van der Waals surface area contributed by atoms with E-state index in [1.807, 2.05) is 23.9 Å². The fraction of sp³-hybridized carbons (Fsp3) is 0.455. The highest BCUT2D eigenvalue weighted by Crippen LogP contribution is 2.32. The van der Waals surface area contributed by atoms with Crippen LogP contribution in [-0.2, 0) is 0 Å². The smallest absolute Gasteiger partial charge is 0.123 e. The summed E-state index contributed by atoms with van der Waals surface area (Å²) < 4.78 is 12.7. The van der Waals surface area contributed by atoms with Crippen LogP contribution < -0.4 is 5.32 Å². The molecule has 1 aliphatic rings. The van der Waals surface area contributed by atoms with E-state index in [1.54, 1.807) is 12.1 Å². The molecule has 1 nitrogen and oxygen atoms in total. The monoisotopic (exact) mass is 211 g/mol. The van der Waals surface area contributed by atoms with Crippen molar-refractivity contribution in [2.45, 2.75) is 11.7 Å². The van der Waals surface area contributed by atoms with Gasteiger partial charge in [-0.15, -0.1) is 0 Å². The first kappa shape index (κ1) is 9.99. The van der Waals surface area contributed by atoms with Gasteiger partial charge in [-0.05, 0) is 30.7 Å². The van der Waals surface area contributed by atoms with Crippen LogP contribution in [0.15, 0.2) is 24.3 Å². The van der Waals surface area contributed by atoms with Crippen molar-refractivity contribution in [3.63, 3.8) is 0 Å². The number of hydrogen-bond donors (Lipinski definition) is 1. The molecule has 0 aromatic heterocycles. The number of nitrogens with one attached hydrogen (secondary N) is 1. The van der Waals surface area contributed by atoms with Crippen LogP contribution in [0.3, 0.4) is 0 Å². The SMILES string of the molecule is Fc1ccc([C@@H]2CCNCCS2)cc1. The topological polar surface area (TPSA) is 12.0 Å². The summed E-state index contributed by atoms with van der Waals surface area (Å²) >= 11 is 1.96. The maximum Gasteiger partial charge on any atom is 0.123 e. The van der Waals surface area contributed by atoms with Crippen molar-refractivity contribution in [1.82, 2.24) is 5.32 Å². The van der Waals surface area contributed by atoms with E-state index in [0.717, 1.165) is 25.3 Å². The maximum absolute atomic E-state index is 12.7. The average molecular weight is 211 g/mol. The molecule has 2 rings (SSSR count). The van der Waals surface area contributed by atoms with Gasteiger partial charge in [0.1, 0.15) is 5.82 Å². The Labute approximate surface area is 88.1 Å². The van der Waals surface area contributed by atoms with Gasteiger partial charge in [0.2, 0.25) is 0 Å². The zero-order valence-corrected chi connectivity index (χ0v) is 8.82. The lowest BCUT2D eigenvalue weighted by Gasteiger charge is -2.13. The molecule has 0 amide bonds. The van der Waals surface area contributed by atoms with Gasteiger partial charge in [-0.2, -0.15) is 11.8 Å². The number of hydrogen-bond acceptors (Lipinski definition) is 2. The van der Waals surface area contributed by atoms with Crippen LogP contribution in [0.4, 0.5) is 4.39 Å². The molecule has 0 aliphatic carbocycles. The molecule has 1 fully saturated rings. The molecule has 0 saturated carbocycles. The Kier molecular flexibility index (Phi) is 3.43. The zero-order chi connectivity index (χ0) is 9.80. The Hall–Kier alpha value is -0.540. The van der Waals surface area contributed by atoms with E-state index in [-0.39, 0.29) is 5.82 Å². The zero-order valence-electron chi connectivity index (χ0n) is 8.00. The molecule has 1 aromatic carbocycles. The number of rotatable bonds is 1. The van der Waals surface area contributed by atoms with Gasteiger partial charge in [0.15, 0.2) is 0 Å². The van der Waals surface area contributed by atoms with Crippen LogP contribution in [0, 0.1) is 5.82 Å². The number of thioether (sulfide) groups is 1. The van der Waals surface area contributed by atoms with Crippen molar-refractivity contribution in [2.75, 3.05) is 18.8 Å². The van der Waals surface area contributed by atoms with Crippen molar-refractivity contribution < 1.29 is 4.39 Å². The van der Waals surface area contributed by atoms with Gasteiger partial charge >= 0.3 is 0 Å². The molecule has 1 aromatic rings. The second kappa shape index (κ2) is 4.80. The molecule has 0 unspecified atom stereocenters. The van der Waals surface area contributed by atoms with E-state index >= 15 is 0 Å². The van der Waals surface area contributed by atoms with Gasteiger partial charge < -0.3 is 5.32 Å². The van der Waals surface area contributed by atoms with Gasteiger partial charge in [-0.1, -0.05) is 12.1 Å². The third-order valence-electron chi connectivity index (χ3n) is 2.42. The molecule has 1 aliphatic heterocycles. The summed E-state index contributed by atoms with van der Waals surface area (Å²) in [7, 11) is 0. The average Bonchev–Trinajstić information content (AvgIpc) is 2.47. The second-order valence-corrected chi connectivity index (χ2v) is 4.76. The van der Waals surface area contributed by atoms with E-state index in [9.17, 15) is 4.39 Å². The van der Waals surface area contributed by atoms with E-state index in [1.165, 1.54) is 5.56 Å². The van der Waals surface area contributed by atoms with Gasteiger partial charge in [-0.3, -0.25) is 0 Å². The van der Waals surface area contributed by atoms with Gasteiger partial charge in [0, 0.05) is 17.5 Å². The standard InChI is InChI=1S/C11H14FNS/c12-10-3-1-9(2-4-10)11-5-6-13-7-8-14-11/h1-4,11,13H,5-8H2/t11-/m0/s1. The molecular weight excluding hydrogens is 197 g/mol. The normalized spacial score (nSPS) is 23.1. The number of halogens is 1. The van der Waals surface area contributed by atoms with Crippen molar-refractivity contribution in [3.05, 3.63) is 35.6 Å². The second-order valence-electron chi connectivity index (χ2n) is 3.45. The van der Waals surface area contributed by atoms with Gasteiger partial charge in [-0.25, -0.2) is 4.39 Å². The highest BCUT2D eigenvalue weighted by molar-refractivity contribution is 7.99. The third kappa shape index (κ3) is 2.49. The first-order valence-electron chi connectivity index (χ1n) is 4.94. The minimum atomic E-state index is -0.148. The third-order valence-corrected chi connectivity index (χ3v) is 3.77. The fourth-order valence-corrected chi connectivity index (χ4v) is 2.84. The first-order chi connectivity index (χ1) is 6.86. The molecule has 0 bridgehead atoms. The summed E-state index contributed by atoms with van der Waals surface area (Å²) in [6.45, 7) is 2.15. The summed E-state index contributed by atoms with van der Waals surface area (Å²) in [5, 5.41) is 3.90. The quantitative estimate of drug-likeness (QED) is 0.766. The van der Waals surface area contributed by atoms with Crippen molar-refractivity contribution >= 4 is 11.8 Å².